The predicted molar refractivity (Wildman–Crippen MR) is 73.7 cm³/mol. The Bertz CT molecular complexity index is 533. The van der Waals surface area contributed by atoms with Gasteiger partial charge in [-0.05, 0) is 45.3 Å². The molecule has 0 aromatic heterocycles. The molecule has 0 amide bonds. The van der Waals surface area contributed by atoms with E-state index in [1.54, 1.807) is 6.07 Å². The van der Waals surface area contributed by atoms with E-state index in [4.69, 9.17) is 9.31 Å². The van der Waals surface area contributed by atoms with Crippen molar-refractivity contribution in [1.82, 2.24) is 0 Å². The molecule has 1 aliphatic rings. The summed E-state index contributed by atoms with van der Waals surface area (Å²) in [6, 6.07) is 5.39. The van der Waals surface area contributed by atoms with Crippen LogP contribution in [-0.2, 0) is 9.31 Å². The molecular weight excluding hydrogens is 303 g/mol. The first kappa shape index (κ1) is 17.1. The third-order valence-electron chi connectivity index (χ3n) is 3.89. The average molecular weight is 320 g/mol. The van der Waals surface area contributed by atoms with Crippen molar-refractivity contribution in [2.75, 3.05) is 0 Å². The molecule has 1 fully saturated rings. The van der Waals surface area contributed by atoms with Crippen molar-refractivity contribution in [3.8, 4) is 5.75 Å². The van der Waals surface area contributed by atoms with Gasteiger partial charge in [-0.1, -0.05) is 12.1 Å². The van der Waals surface area contributed by atoms with Gasteiger partial charge in [-0.2, -0.15) is 17.6 Å². The molecule has 1 aliphatic heterocycles. The molecular formula is C14H17BF4O3. The maximum Gasteiger partial charge on any atom is 0.494 e. The molecule has 0 bridgehead atoms. The monoisotopic (exact) mass is 320 g/mol. The SMILES string of the molecule is CC1(C)OB(c2cccc(OC(F)(F)C(F)F)c2)OC1(C)C. The molecule has 3 nitrogen and oxygen atoms in total. The number of ether oxygens (including phenoxy) is 1. The lowest BCUT2D eigenvalue weighted by Gasteiger charge is -2.32. The number of alkyl halides is 4. The first-order valence-corrected chi connectivity index (χ1v) is 6.75. The highest BCUT2D eigenvalue weighted by Gasteiger charge is 2.52. The smallest absolute Gasteiger partial charge is 0.428 e. The minimum atomic E-state index is -4.55. The van der Waals surface area contributed by atoms with Gasteiger partial charge in [0.1, 0.15) is 5.75 Å². The molecule has 0 spiro atoms. The van der Waals surface area contributed by atoms with Crippen molar-refractivity contribution in [3.05, 3.63) is 24.3 Å². The summed E-state index contributed by atoms with van der Waals surface area (Å²) in [7, 11) is -0.784. The number of hydrogen-bond acceptors (Lipinski definition) is 3. The van der Waals surface area contributed by atoms with Crippen LogP contribution in [0.15, 0.2) is 24.3 Å². The van der Waals surface area contributed by atoms with Crippen LogP contribution in [0.1, 0.15) is 27.7 Å². The van der Waals surface area contributed by atoms with Crippen LogP contribution in [0.5, 0.6) is 5.75 Å². The Balaban J connectivity index is 2.20. The second-order valence-electron chi connectivity index (χ2n) is 6.13. The van der Waals surface area contributed by atoms with Crippen LogP contribution in [0, 0.1) is 0 Å². The highest BCUT2D eigenvalue weighted by atomic mass is 19.3. The van der Waals surface area contributed by atoms with Crippen molar-refractivity contribution < 1.29 is 31.6 Å². The second kappa shape index (κ2) is 5.42. The van der Waals surface area contributed by atoms with Gasteiger partial charge in [0.05, 0.1) is 11.2 Å². The zero-order valence-corrected chi connectivity index (χ0v) is 12.7. The molecule has 22 heavy (non-hydrogen) atoms. The summed E-state index contributed by atoms with van der Waals surface area (Å²) in [4.78, 5) is 0. The summed E-state index contributed by atoms with van der Waals surface area (Å²) in [6.45, 7) is 7.38. The Morgan fingerprint density at radius 2 is 1.64 bits per heavy atom. The van der Waals surface area contributed by atoms with Gasteiger partial charge >= 0.3 is 19.7 Å². The standard InChI is InChI=1S/C14H17BF4O3/c1-12(2)13(3,4)22-15(21-12)9-6-5-7-10(8-9)20-14(18,19)11(16)17/h5-8,11H,1-4H3. The van der Waals surface area contributed by atoms with E-state index in [9.17, 15) is 17.6 Å². The zero-order chi connectivity index (χ0) is 16.8. The van der Waals surface area contributed by atoms with Gasteiger partial charge in [-0.25, -0.2) is 0 Å². The Hall–Kier alpha value is -1.28. The third-order valence-corrected chi connectivity index (χ3v) is 3.89. The quantitative estimate of drug-likeness (QED) is 0.630. The highest BCUT2D eigenvalue weighted by Crippen LogP contribution is 2.36. The Kier molecular flexibility index (Phi) is 4.21. The van der Waals surface area contributed by atoms with Crippen LogP contribution in [0.2, 0.25) is 0 Å². The molecule has 1 heterocycles. The van der Waals surface area contributed by atoms with Crippen LogP contribution in [0.3, 0.4) is 0 Å². The highest BCUT2D eigenvalue weighted by molar-refractivity contribution is 6.62. The molecule has 0 atom stereocenters. The molecule has 0 unspecified atom stereocenters. The summed E-state index contributed by atoms with van der Waals surface area (Å²) < 4.78 is 65.9. The topological polar surface area (TPSA) is 27.7 Å². The summed E-state index contributed by atoms with van der Waals surface area (Å²) >= 11 is 0. The predicted octanol–water partition coefficient (Wildman–Crippen LogP) is 3.22. The van der Waals surface area contributed by atoms with Crippen molar-refractivity contribution in [2.45, 2.75) is 51.4 Å². The van der Waals surface area contributed by atoms with E-state index < -0.39 is 30.9 Å². The van der Waals surface area contributed by atoms with Crippen LogP contribution in [0.4, 0.5) is 17.6 Å². The molecule has 0 aliphatic carbocycles. The van der Waals surface area contributed by atoms with Crippen LogP contribution in [-0.4, -0.2) is 30.9 Å². The normalized spacial score (nSPS) is 20.5. The van der Waals surface area contributed by atoms with E-state index in [0.717, 1.165) is 0 Å². The lowest BCUT2D eigenvalue weighted by atomic mass is 9.79. The molecule has 2 rings (SSSR count). The van der Waals surface area contributed by atoms with Gasteiger partial charge in [0.2, 0.25) is 0 Å². The van der Waals surface area contributed by atoms with Crippen molar-refractivity contribution in [1.29, 1.82) is 0 Å². The Morgan fingerprint density at radius 3 is 2.14 bits per heavy atom. The lowest BCUT2D eigenvalue weighted by molar-refractivity contribution is -0.253. The minimum Gasteiger partial charge on any atom is -0.428 e. The molecule has 0 radical (unpaired) electrons. The number of hydrogen-bond donors (Lipinski definition) is 0. The minimum absolute atomic E-state index is 0.377. The van der Waals surface area contributed by atoms with Gasteiger partial charge in [0.15, 0.2) is 0 Å². The summed E-state index contributed by atoms with van der Waals surface area (Å²) in [5.74, 6) is -0.377. The van der Waals surface area contributed by atoms with Crippen molar-refractivity contribution in [3.63, 3.8) is 0 Å². The van der Waals surface area contributed by atoms with E-state index in [1.807, 2.05) is 27.7 Å². The summed E-state index contributed by atoms with van der Waals surface area (Å²) in [5.41, 5.74) is -0.774. The molecule has 1 aromatic carbocycles. The first-order valence-electron chi connectivity index (χ1n) is 6.75. The summed E-state index contributed by atoms with van der Waals surface area (Å²) in [5, 5.41) is 0. The van der Waals surface area contributed by atoms with E-state index >= 15 is 0 Å². The van der Waals surface area contributed by atoms with Crippen LogP contribution < -0.4 is 10.2 Å². The van der Waals surface area contributed by atoms with Crippen LogP contribution >= 0.6 is 0 Å². The van der Waals surface area contributed by atoms with E-state index in [1.165, 1.54) is 18.2 Å². The Labute approximate surface area is 126 Å². The van der Waals surface area contributed by atoms with Crippen molar-refractivity contribution >= 4 is 12.6 Å². The van der Waals surface area contributed by atoms with E-state index in [2.05, 4.69) is 4.74 Å². The molecule has 122 valence electrons. The molecule has 8 heteroatoms. The van der Waals surface area contributed by atoms with Gasteiger partial charge < -0.3 is 14.0 Å². The third kappa shape index (κ3) is 3.22. The van der Waals surface area contributed by atoms with Gasteiger partial charge in [0.25, 0.3) is 0 Å². The summed E-state index contributed by atoms with van der Waals surface area (Å²) in [6.07, 6.45) is -8.46. The van der Waals surface area contributed by atoms with E-state index in [0.29, 0.717) is 5.46 Å². The fraction of sp³-hybridized carbons (Fsp3) is 0.571. The van der Waals surface area contributed by atoms with Gasteiger partial charge in [-0.3, -0.25) is 0 Å². The fourth-order valence-corrected chi connectivity index (χ4v) is 1.91. The maximum absolute atomic E-state index is 13.0. The zero-order valence-electron chi connectivity index (χ0n) is 12.7. The molecule has 1 aromatic rings. The number of halogens is 4. The number of rotatable bonds is 4. The molecule has 0 N–H and O–H groups in total. The molecule has 1 saturated heterocycles. The number of benzene rings is 1. The van der Waals surface area contributed by atoms with Gasteiger partial charge in [0, 0.05) is 0 Å². The van der Waals surface area contributed by atoms with Gasteiger partial charge in [-0.15, -0.1) is 0 Å². The largest absolute Gasteiger partial charge is 0.494 e. The second-order valence-corrected chi connectivity index (χ2v) is 6.13. The molecule has 0 saturated carbocycles. The average Bonchev–Trinajstić information content (AvgIpc) is 2.58. The van der Waals surface area contributed by atoms with E-state index in [-0.39, 0.29) is 5.75 Å². The van der Waals surface area contributed by atoms with Crippen molar-refractivity contribution in [2.24, 2.45) is 0 Å². The maximum atomic E-state index is 13.0. The lowest BCUT2D eigenvalue weighted by Crippen LogP contribution is -2.41. The van der Waals surface area contributed by atoms with Crippen LogP contribution in [0.25, 0.3) is 0 Å². The Morgan fingerprint density at radius 1 is 1.09 bits per heavy atom. The fourth-order valence-electron chi connectivity index (χ4n) is 1.91. The first-order chi connectivity index (χ1) is 9.95.